The predicted molar refractivity (Wildman–Crippen MR) is 121 cm³/mol. The first-order valence-corrected chi connectivity index (χ1v) is 9.79. The van der Waals surface area contributed by atoms with Gasteiger partial charge in [0.25, 0.3) is 11.9 Å². The minimum Gasteiger partial charge on any atom is -0.493 e. The molecule has 11 nitrogen and oxygen atoms in total. The molecule has 0 saturated heterocycles. The quantitative estimate of drug-likeness (QED) is 0.419. The highest BCUT2D eigenvalue weighted by Gasteiger charge is 2.15. The van der Waals surface area contributed by atoms with E-state index in [9.17, 15) is 4.79 Å². The van der Waals surface area contributed by atoms with Gasteiger partial charge in [0.1, 0.15) is 6.33 Å². The lowest BCUT2D eigenvalue weighted by Gasteiger charge is -2.14. The van der Waals surface area contributed by atoms with Crippen LogP contribution in [0.4, 0.5) is 17.5 Å². The van der Waals surface area contributed by atoms with Gasteiger partial charge in [-0.05, 0) is 12.1 Å². The van der Waals surface area contributed by atoms with Crippen LogP contribution in [-0.2, 0) is 0 Å². The van der Waals surface area contributed by atoms with Gasteiger partial charge >= 0.3 is 0 Å². The molecule has 4 aromatic rings. The number of nitrogens with one attached hydrogen (secondary N) is 2. The molecule has 33 heavy (non-hydrogen) atoms. The summed E-state index contributed by atoms with van der Waals surface area (Å²) in [6.45, 7) is 0. The monoisotopic (exact) mass is 447 g/mol. The third-order valence-electron chi connectivity index (χ3n) is 4.55. The van der Waals surface area contributed by atoms with Gasteiger partial charge in [0, 0.05) is 35.6 Å². The second kappa shape index (κ2) is 9.64. The van der Waals surface area contributed by atoms with E-state index >= 15 is 0 Å². The van der Waals surface area contributed by atoms with E-state index in [1.807, 2.05) is 6.07 Å². The van der Waals surface area contributed by atoms with Gasteiger partial charge < -0.3 is 24.8 Å². The number of hydrogen-bond acceptors (Lipinski definition) is 9. The zero-order valence-corrected chi connectivity index (χ0v) is 18.1. The summed E-state index contributed by atoms with van der Waals surface area (Å²) < 4.78 is 17.5. The third kappa shape index (κ3) is 4.82. The Morgan fingerprint density at radius 2 is 1.67 bits per heavy atom. The van der Waals surface area contributed by atoms with E-state index in [2.05, 4.69) is 30.7 Å². The summed E-state index contributed by atoms with van der Waals surface area (Å²) in [4.78, 5) is 25.0. The highest BCUT2D eigenvalue weighted by atomic mass is 16.5. The molecule has 0 bridgehead atoms. The summed E-state index contributed by atoms with van der Waals surface area (Å²) in [7, 11) is 4.61. The zero-order chi connectivity index (χ0) is 23.2. The fourth-order valence-electron chi connectivity index (χ4n) is 3.02. The Balaban J connectivity index is 1.53. The van der Waals surface area contributed by atoms with E-state index in [0.717, 1.165) is 0 Å². The lowest BCUT2D eigenvalue weighted by molar-refractivity contribution is 0.102. The Hall–Kier alpha value is -4.67. The molecule has 0 saturated carbocycles. The van der Waals surface area contributed by atoms with Gasteiger partial charge in [-0.25, -0.2) is 9.67 Å². The fourth-order valence-corrected chi connectivity index (χ4v) is 3.02. The van der Waals surface area contributed by atoms with Gasteiger partial charge in [0.15, 0.2) is 17.3 Å². The number of benzene rings is 2. The molecule has 0 spiro atoms. The van der Waals surface area contributed by atoms with E-state index in [4.69, 9.17) is 14.2 Å². The van der Waals surface area contributed by atoms with Crippen LogP contribution in [0, 0.1) is 0 Å². The normalized spacial score (nSPS) is 10.4. The Morgan fingerprint density at radius 1 is 0.939 bits per heavy atom. The lowest BCUT2D eigenvalue weighted by Crippen LogP contribution is -2.13. The molecule has 0 aliphatic carbocycles. The van der Waals surface area contributed by atoms with Crippen LogP contribution in [0.5, 0.6) is 17.2 Å². The van der Waals surface area contributed by atoms with Crippen LogP contribution in [0.3, 0.4) is 0 Å². The molecule has 2 heterocycles. The molecule has 0 unspecified atom stereocenters. The van der Waals surface area contributed by atoms with Crippen molar-refractivity contribution >= 4 is 23.4 Å². The maximum Gasteiger partial charge on any atom is 0.256 e. The van der Waals surface area contributed by atoms with E-state index in [1.54, 1.807) is 48.7 Å². The molecule has 0 atom stereocenters. The second-order valence-corrected chi connectivity index (χ2v) is 6.61. The van der Waals surface area contributed by atoms with Crippen molar-refractivity contribution in [1.29, 1.82) is 0 Å². The lowest BCUT2D eigenvalue weighted by atomic mass is 10.2. The molecular formula is C22H21N7O4. The second-order valence-electron chi connectivity index (χ2n) is 6.61. The van der Waals surface area contributed by atoms with Gasteiger partial charge in [-0.3, -0.25) is 4.79 Å². The van der Waals surface area contributed by atoms with E-state index in [-0.39, 0.29) is 17.8 Å². The maximum atomic E-state index is 12.3. The summed E-state index contributed by atoms with van der Waals surface area (Å²) >= 11 is 0. The highest BCUT2D eigenvalue weighted by Crippen LogP contribution is 2.40. The van der Waals surface area contributed by atoms with Crippen molar-refractivity contribution in [3.05, 3.63) is 66.6 Å². The Labute approximate surface area is 189 Å². The Kier molecular flexibility index (Phi) is 6.30. The molecule has 4 rings (SSSR count). The smallest absolute Gasteiger partial charge is 0.256 e. The Morgan fingerprint density at radius 3 is 2.33 bits per heavy atom. The number of carbonyl (C=O) groups is 1. The van der Waals surface area contributed by atoms with Crippen LogP contribution in [0.25, 0.3) is 5.95 Å². The molecular weight excluding hydrogens is 426 g/mol. The number of aromatic nitrogens is 5. The number of nitrogens with zero attached hydrogens (tertiary/aromatic N) is 5. The topological polar surface area (TPSA) is 125 Å². The first kappa shape index (κ1) is 21.6. The molecule has 0 aliphatic heterocycles. The third-order valence-corrected chi connectivity index (χ3v) is 4.55. The molecule has 0 fully saturated rings. The van der Waals surface area contributed by atoms with Crippen LogP contribution >= 0.6 is 0 Å². The number of rotatable bonds is 8. The van der Waals surface area contributed by atoms with Crippen LogP contribution in [-0.4, -0.2) is 52.0 Å². The predicted octanol–water partition coefficient (Wildman–Crippen LogP) is 3.08. The number of carbonyl (C=O) groups excluding carboxylic acids is 1. The minimum absolute atomic E-state index is 0.263. The average molecular weight is 447 g/mol. The molecule has 11 heteroatoms. The van der Waals surface area contributed by atoms with Crippen LogP contribution < -0.4 is 24.8 Å². The summed E-state index contributed by atoms with van der Waals surface area (Å²) in [6, 6.07) is 14.0. The van der Waals surface area contributed by atoms with Gasteiger partial charge in [-0.15, -0.1) is 5.10 Å². The maximum absolute atomic E-state index is 12.3. The van der Waals surface area contributed by atoms with Gasteiger partial charge in [0.05, 0.1) is 21.3 Å². The summed E-state index contributed by atoms with van der Waals surface area (Å²) in [5.41, 5.74) is 1.15. The SMILES string of the molecule is COc1cc(Nc2ncnc(-n3ccc(NC(=O)c4ccccc4)n3)n2)cc(OC)c1OC. The molecule has 2 aromatic heterocycles. The van der Waals surface area contributed by atoms with Crippen molar-refractivity contribution in [3.63, 3.8) is 0 Å². The largest absolute Gasteiger partial charge is 0.493 e. The molecule has 2 N–H and O–H groups in total. The number of amides is 1. The van der Waals surface area contributed by atoms with Crippen molar-refractivity contribution in [2.45, 2.75) is 0 Å². The zero-order valence-electron chi connectivity index (χ0n) is 18.1. The van der Waals surface area contributed by atoms with E-state index < -0.39 is 0 Å². The van der Waals surface area contributed by atoms with Crippen LogP contribution in [0.1, 0.15) is 10.4 Å². The molecule has 168 valence electrons. The van der Waals surface area contributed by atoms with E-state index in [0.29, 0.717) is 34.3 Å². The Bertz CT molecular complexity index is 1240. The van der Waals surface area contributed by atoms with E-state index in [1.165, 1.54) is 32.3 Å². The average Bonchev–Trinajstić information content (AvgIpc) is 3.32. The van der Waals surface area contributed by atoms with Crippen molar-refractivity contribution in [1.82, 2.24) is 24.7 Å². The van der Waals surface area contributed by atoms with Gasteiger partial charge in [0.2, 0.25) is 11.7 Å². The standard InChI is InChI=1S/C22H21N7O4/c1-31-16-11-15(12-17(32-2)19(16)33-3)25-21-23-13-24-22(27-21)29-10-9-18(28-29)26-20(30)14-7-5-4-6-8-14/h4-13H,1-3H3,(H,26,28,30)(H,23,24,25,27). The molecule has 1 amide bonds. The van der Waals surface area contributed by atoms with Crippen LogP contribution in [0.15, 0.2) is 61.1 Å². The number of ether oxygens (including phenoxy) is 3. The van der Waals surface area contributed by atoms with Crippen molar-refractivity contribution in [2.75, 3.05) is 32.0 Å². The first-order chi connectivity index (χ1) is 16.1. The molecule has 0 radical (unpaired) electrons. The minimum atomic E-state index is -0.263. The van der Waals surface area contributed by atoms with Gasteiger partial charge in [-0.2, -0.15) is 9.97 Å². The molecule has 2 aromatic carbocycles. The van der Waals surface area contributed by atoms with Gasteiger partial charge in [-0.1, -0.05) is 18.2 Å². The fraction of sp³-hybridized carbons (Fsp3) is 0.136. The van der Waals surface area contributed by atoms with Crippen molar-refractivity contribution in [2.24, 2.45) is 0 Å². The number of methoxy groups -OCH3 is 3. The molecule has 0 aliphatic rings. The van der Waals surface area contributed by atoms with Crippen LogP contribution in [0.2, 0.25) is 0 Å². The van der Waals surface area contributed by atoms with Crippen molar-refractivity contribution in [3.8, 4) is 23.2 Å². The summed E-state index contributed by atoms with van der Waals surface area (Å²) in [6.07, 6.45) is 2.99. The highest BCUT2D eigenvalue weighted by molar-refractivity contribution is 6.03. The van der Waals surface area contributed by atoms with Crippen molar-refractivity contribution < 1.29 is 19.0 Å². The number of anilines is 3. The number of hydrogen-bond donors (Lipinski definition) is 2. The summed E-state index contributed by atoms with van der Waals surface area (Å²) in [5.74, 6) is 2.09. The first-order valence-electron chi connectivity index (χ1n) is 9.79. The summed E-state index contributed by atoms with van der Waals surface area (Å²) in [5, 5.41) is 10.1.